The standard InChI is InChI=1S/C16H20N4O3S/c1-19(2)9-8-17-16(21)14-12-10-24(22,23)13-7-5-4-6-11(13)15(12)20(3)18-14/h4-7H,8-10H2,1-3H3,(H,17,21). The first-order valence-corrected chi connectivity index (χ1v) is 9.27. The van der Waals surface area contributed by atoms with Gasteiger partial charge in [0.25, 0.3) is 5.91 Å². The largest absolute Gasteiger partial charge is 0.349 e. The third-order valence-corrected chi connectivity index (χ3v) is 5.71. The van der Waals surface area contributed by atoms with E-state index < -0.39 is 9.84 Å². The van der Waals surface area contributed by atoms with Gasteiger partial charge in [0.05, 0.1) is 16.3 Å². The molecular formula is C16H20N4O3S. The quantitative estimate of drug-likeness (QED) is 0.878. The molecule has 2 heterocycles. The molecule has 0 radical (unpaired) electrons. The monoisotopic (exact) mass is 348 g/mol. The first-order chi connectivity index (χ1) is 11.3. The number of hydrogen-bond donors (Lipinski definition) is 1. The van der Waals surface area contributed by atoms with Crippen molar-refractivity contribution in [2.45, 2.75) is 10.6 Å². The highest BCUT2D eigenvalue weighted by molar-refractivity contribution is 7.90. The summed E-state index contributed by atoms with van der Waals surface area (Å²) in [5.74, 6) is -0.549. The maximum atomic E-state index is 12.5. The summed E-state index contributed by atoms with van der Waals surface area (Å²) in [6.07, 6.45) is 0. The fraction of sp³-hybridized carbons (Fsp3) is 0.375. The molecule has 0 bridgehead atoms. The first-order valence-electron chi connectivity index (χ1n) is 7.62. The van der Waals surface area contributed by atoms with E-state index in [1.54, 1.807) is 36.0 Å². The summed E-state index contributed by atoms with van der Waals surface area (Å²) in [5.41, 5.74) is 1.95. The average molecular weight is 348 g/mol. The van der Waals surface area contributed by atoms with Gasteiger partial charge in [-0.05, 0) is 20.2 Å². The summed E-state index contributed by atoms with van der Waals surface area (Å²) in [5, 5.41) is 7.07. The number of sulfone groups is 1. The second-order valence-electron chi connectivity index (χ2n) is 6.11. The third-order valence-electron chi connectivity index (χ3n) is 4.02. The van der Waals surface area contributed by atoms with Gasteiger partial charge in [-0.1, -0.05) is 18.2 Å². The molecule has 0 atom stereocenters. The predicted octanol–water partition coefficient (Wildman–Crippen LogP) is 0.666. The van der Waals surface area contributed by atoms with E-state index in [0.29, 0.717) is 34.8 Å². The Kier molecular flexibility index (Phi) is 4.18. The summed E-state index contributed by atoms with van der Waals surface area (Å²) in [4.78, 5) is 14.7. The minimum atomic E-state index is -3.47. The normalized spacial score (nSPS) is 15.0. The molecule has 0 aliphatic carbocycles. The molecular weight excluding hydrogens is 328 g/mol. The lowest BCUT2D eigenvalue weighted by Gasteiger charge is -2.18. The fourth-order valence-corrected chi connectivity index (χ4v) is 4.50. The van der Waals surface area contributed by atoms with Crippen LogP contribution in [0.1, 0.15) is 16.1 Å². The van der Waals surface area contributed by atoms with Crippen LogP contribution in [-0.4, -0.2) is 56.2 Å². The highest BCUT2D eigenvalue weighted by atomic mass is 32.2. The van der Waals surface area contributed by atoms with Crippen LogP contribution in [0.4, 0.5) is 0 Å². The van der Waals surface area contributed by atoms with E-state index >= 15 is 0 Å². The van der Waals surface area contributed by atoms with Crippen LogP contribution >= 0.6 is 0 Å². The number of nitrogens with zero attached hydrogens (tertiary/aromatic N) is 3. The van der Waals surface area contributed by atoms with Gasteiger partial charge in [-0.25, -0.2) is 8.42 Å². The van der Waals surface area contributed by atoms with Gasteiger partial charge < -0.3 is 10.2 Å². The van der Waals surface area contributed by atoms with E-state index in [4.69, 9.17) is 0 Å². The zero-order valence-electron chi connectivity index (χ0n) is 13.9. The minimum Gasteiger partial charge on any atom is -0.349 e. The van der Waals surface area contributed by atoms with Gasteiger partial charge in [0.2, 0.25) is 0 Å². The van der Waals surface area contributed by atoms with Crippen LogP contribution in [0.25, 0.3) is 11.3 Å². The molecule has 24 heavy (non-hydrogen) atoms. The molecule has 0 fully saturated rings. The van der Waals surface area contributed by atoms with E-state index in [-0.39, 0.29) is 17.4 Å². The average Bonchev–Trinajstić information content (AvgIpc) is 2.83. The second kappa shape index (κ2) is 6.03. The molecule has 2 aromatic rings. The Balaban J connectivity index is 2.02. The minimum absolute atomic E-state index is 0.185. The van der Waals surface area contributed by atoms with Crippen LogP contribution in [0.2, 0.25) is 0 Å². The van der Waals surface area contributed by atoms with E-state index in [9.17, 15) is 13.2 Å². The van der Waals surface area contributed by atoms with E-state index in [0.717, 1.165) is 0 Å². The Morgan fingerprint density at radius 1 is 1.33 bits per heavy atom. The maximum absolute atomic E-state index is 12.5. The predicted molar refractivity (Wildman–Crippen MR) is 90.4 cm³/mol. The summed E-state index contributed by atoms with van der Waals surface area (Å²) in [6.45, 7) is 1.17. The molecule has 1 aromatic heterocycles. The molecule has 1 amide bonds. The first kappa shape index (κ1) is 16.7. The summed E-state index contributed by atoms with van der Waals surface area (Å²) in [6, 6.07) is 6.83. The molecule has 1 aromatic carbocycles. The van der Waals surface area contributed by atoms with Crippen molar-refractivity contribution in [3.63, 3.8) is 0 Å². The van der Waals surface area contributed by atoms with Crippen LogP contribution < -0.4 is 5.32 Å². The Morgan fingerprint density at radius 2 is 2.04 bits per heavy atom. The summed E-state index contributed by atoms with van der Waals surface area (Å²) >= 11 is 0. The van der Waals surface area contributed by atoms with E-state index in [1.807, 2.05) is 19.0 Å². The molecule has 128 valence electrons. The fourth-order valence-electron chi connectivity index (χ4n) is 2.90. The molecule has 8 heteroatoms. The lowest BCUT2D eigenvalue weighted by molar-refractivity contribution is 0.0944. The van der Waals surface area contributed by atoms with Crippen molar-refractivity contribution in [3.05, 3.63) is 35.5 Å². The molecule has 1 N–H and O–H groups in total. The van der Waals surface area contributed by atoms with Crippen LogP contribution in [0.5, 0.6) is 0 Å². The molecule has 7 nitrogen and oxygen atoms in total. The molecule has 0 unspecified atom stereocenters. The summed E-state index contributed by atoms with van der Waals surface area (Å²) < 4.78 is 26.7. The van der Waals surface area contributed by atoms with Crippen molar-refractivity contribution in [1.29, 1.82) is 0 Å². The number of aromatic nitrogens is 2. The Bertz CT molecular complexity index is 900. The summed E-state index contributed by atoms with van der Waals surface area (Å²) in [7, 11) is 2.08. The van der Waals surface area contributed by atoms with Crippen molar-refractivity contribution in [3.8, 4) is 11.3 Å². The number of carbonyl (C=O) groups is 1. The van der Waals surface area contributed by atoms with Gasteiger partial charge in [-0.2, -0.15) is 5.10 Å². The smallest absolute Gasteiger partial charge is 0.272 e. The zero-order valence-corrected chi connectivity index (χ0v) is 14.7. The molecule has 3 rings (SSSR count). The van der Waals surface area contributed by atoms with Gasteiger partial charge in [0.1, 0.15) is 0 Å². The molecule has 1 aliphatic heterocycles. The van der Waals surface area contributed by atoms with Gasteiger partial charge in [0, 0.05) is 31.3 Å². The number of rotatable bonds is 4. The highest BCUT2D eigenvalue weighted by Crippen LogP contribution is 2.38. The zero-order chi connectivity index (χ0) is 17.5. The van der Waals surface area contributed by atoms with Gasteiger partial charge in [-0.15, -0.1) is 0 Å². The Hall–Kier alpha value is -2.19. The van der Waals surface area contributed by atoms with Crippen LogP contribution in [0, 0.1) is 0 Å². The van der Waals surface area contributed by atoms with Crippen molar-refractivity contribution in [1.82, 2.24) is 20.0 Å². The number of aryl methyl sites for hydroxylation is 1. The Labute approximate surface area is 141 Å². The highest BCUT2D eigenvalue weighted by Gasteiger charge is 2.34. The number of carbonyl (C=O) groups excluding carboxylic acids is 1. The lowest BCUT2D eigenvalue weighted by atomic mass is 10.1. The van der Waals surface area contributed by atoms with E-state index in [2.05, 4.69) is 10.4 Å². The number of fused-ring (bicyclic) bond motifs is 3. The second-order valence-corrected chi connectivity index (χ2v) is 8.07. The van der Waals surface area contributed by atoms with Crippen molar-refractivity contribution in [2.24, 2.45) is 7.05 Å². The molecule has 0 spiro atoms. The van der Waals surface area contributed by atoms with Crippen molar-refractivity contribution < 1.29 is 13.2 Å². The van der Waals surface area contributed by atoms with Crippen molar-refractivity contribution in [2.75, 3.05) is 27.2 Å². The SMILES string of the molecule is CN(C)CCNC(=O)c1nn(C)c2c1CS(=O)(=O)c1ccccc1-2. The van der Waals surface area contributed by atoms with Crippen molar-refractivity contribution >= 4 is 15.7 Å². The molecule has 1 aliphatic rings. The van der Waals surface area contributed by atoms with E-state index in [1.165, 1.54) is 0 Å². The van der Waals surface area contributed by atoms with Crippen LogP contribution in [0.15, 0.2) is 29.2 Å². The third kappa shape index (κ3) is 2.83. The molecule has 0 saturated heterocycles. The number of amides is 1. The lowest BCUT2D eigenvalue weighted by Crippen LogP contribution is -2.32. The number of nitrogens with one attached hydrogen (secondary N) is 1. The molecule has 0 saturated carbocycles. The van der Waals surface area contributed by atoms with Crippen LogP contribution in [0.3, 0.4) is 0 Å². The number of benzene rings is 1. The topological polar surface area (TPSA) is 84.3 Å². The number of hydrogen-bond acceptors (Lipinski definition) is 5. The van der Waals surface area contributed by atoms with Crippen LogP contribution in [-0.2, 0) is 22.6 Å². The number of likely N-dealkylation sites (N-methyl/N-ethyl adjacent to an activating group) is 1. The maximum Gasteiger partial charge on any atom is 0.272 e. The van der Waals surface area contributed by atoms with Gasteiger partial charge in [-0.3, -0.25) is 9.48 Å². The van der Waals surface area contributed by atoms with Gasteiger partial charge >= 0.3 is 0 Å². The Morgan fingerprint density at radius 3 is 2.75 bits per heavy atom. The van der Waals surface area contributed by atoms with Gasteiger partial charge in [0.15, 0.2) is 15.5 Å².